The van der Waals surface area contributed by atoms with Crippen LogP contribution in [0, 0.1) is 5.41 Å². The molecule has 0 bridgehead atoms. The number of carbonyl (C=O) groups is 3. The highest BCUT2D eigenvalue weighted by Gasteiger charge is 2.46. The van der Waals surface area contributed by atoms with Crippen LogP contribution in [0.4, 0.5) is 0 Å². The lowest BCUT2D eigenvalue weighted by molar-refractivity contribution is -0.147. The van der Waals surface area contributed by atoms with Crippen molar-refractivity contribution in [2.75, 3.05) is 13.1 Å². The smallest absolute Gasteiger partial charge is 0.329 e. The molecule has 2 N–H and O–H groups in total. The Morgan fingerprint density at radius 1 is 1.16 bits per heavy atom. The number of aliphatic carboxylic acids is 1. The molecule has 136 valence electrons. The minimum atomic E-state index is -1.17. The summed E-state index contributed by atoms with van der Waals surface area (Å²) in [6, 6.07) is 6.35. The van der Waals surface area contributed by atoms with Crippen molar-refractivity contribution in [3.8, 4) is 0 Å². The fraction of sp³-hybridized carbons (Fsp3) is 0.526. The minimum absolute atomic E-state index is 0.0113. The summed E-state index contributed by atoms with van der Waals surface area (Å²) in [4.78, 5) is 37.7. The third kappa shape index (κ3) is 4.18. The van der Waals surface area contributed by atoms with Crippen molar-refractivity contribution in [2.24, 2.45) is 5.41 Å². The van der Waals surface area contributed by atoms with E-state index >= 15 is 0 Å². The quantitative estimate of drug-likeness (QED) is 0.877. The zero-order valence-electron chi connectivity index (χ0n) is 15.3. The van der Waals surface area contributed by atoms with E-state index in [9.17, 15) is 19.5 Å². The molecule has 1 saturated heterocycles. The number of carbonyl (C=O) groups excluding carboxylic acids is 2. The first-order chi connectivity index (χ1) is 11.5. The molecule has 1 aromatic rings. The fourth-order valence-electron chi connectivity index (χ4n) is 2.88. The normalized spacial score (nSPS) is 20.4. The summed E-state index contributed by atoms with van der Waals surface area (Å²) >= 11 is 0. The third-order valence-corrected chi connectivity index (χ3v) is 4.52. The van der Waals surface area contributed by atoms with Crippen molar-refractivity contribution in [3.05, 3.63) is 35.4 Å². The van der Waals surface area contributed by atoms with Crippen LogP contribution in [-0.4, -0.2) is 46.4 Å². The highest BCUT2D eigenvalue weighted by atomic mass is 16.4. The van der Waals surface area contributed by atoms with E-state index in [4.69, 9.17) is 0 Å². The summed E-state index contributed by atoms with van der Waals surface area (Å²) in [7, 11) is 0. The lowest BCUT2D eigenvalue weighted by Crippen LogP contribution is -2.50. The molecule has 25 heavy (non-hydrogen) atoms. The molecule has 0 aromatic heterocycles. The van der Waals surface area contributed by atoms with E-state index < -0.39 is 11.5 Å². The maximum atomic E-state index is 12.7. The Hall–Kier alpha value is -2.37. The van der Waals surface area contributed by atoms with Gasteiger partial charge in [-0.15, -0.1) is 0 Å². The molecule has 1 aliphatic rings. The molecular formula is C19H26N2O4. The lowest BCUT2D eigenvalue weighted by Gasteiger charge is -2.31. The molecule has 0 spiro atoms. The SMILES string of the molecule is CC(C)(C)CNC(=O)c1ccc(C(=O)N2CCCC2(C)C(=O)O)cc1. The summed E-state index contributed by atoms with van der Waals surface area (Å²) in [5.74, 6) is -1.49. The Bertz CT molecular complexity index is 676. The van der Waals surface area contributed by atoms with Gasteiger partial charge in [-0.3, -0.25) is 9.59 Å². The van der Waals surface area contributed by atoms with E-state index in [-0.39, 0.29) is 17.2 Å². The molecule has 1 heterocycles. The molecule has 0 radical (unpaired) electrons. The van der Waals surface area contributed by atoms with Gasteiger partial charge in [0.1, 0.15) is 5.54 Å². The number of likely N-dealkylation sites (tertiary alicyclic amines) is 1. The van der Waals surface area contributed by atoms with Gasteiger partial charge in [-0.25, -0.2) is 4.79 Å². The van der Waals surface area contributed by atoms with Crippen LogP contribution >= 0.6 is 0 Å². The van der Waals surface area contributed by atoms with E-state index in [0.29, 0.717) is 37.1 Å². The molecule has 2 rings (SSSR count). The van der Waals surface area contributed by atoms with Crippen molar-refractivity contribution >= 4 is 17.8 Å². The van der Waals surface area contributed by atoms with Gasteiger partial charge in [0.2, 0.25) is 0 Å². The van der Waals surface area contributed by atoms with Crippen LogP contribution in [0.1, 0.15) is 61.3 Å². The molecule has 1 aliphatic heterocycles. The zero-order chi connectivity index (χ0) is 18.8. The van der Waals surface area contributed by atoms with Gasteiger partial charge in [0, 0.05) is 24.2 Å². The molecule has 1 fully saturated rings. The first kappa shape index (κ1) is 19.0. The van der Waals surface area contributed by atoms with Gasteiger partial charge in [-0.05, 0) is 49.4 Å². The van der Waals surface area contributed by atoms with Gasteiger partial charge in [0.15, 0.2) is 0 Å². The van der Waals surface area contributed by atoms with Gasteiger partial charge in [0.25, 0.3) is 11.8 Å². The predicted molar refractivity (Wildman–Crippen MR) is 94.5 cm³/mol. The number of nitrogens with one attached hydrogen (secondary N) is 1. The number of carboxylic acid groups (broad SMARTS) is 1. The van der Waals surface area contributed by atoms with E-state index in [1.807, 2.05) is 20.8 Å². The van der Waals surface area contributed by atoms with Gasteiger partial charge in [-0.2, -0.15) is 0 Å². The van der Waals surface area contributed by atoms with Crippen molar-refractivity contribution < 1.29 is 19.5 Å². The van der Waals surface area contributed by atoms with Crippen LogP contribution < -0.4 is 5.32 Å². The largest absolute Gasteiger partial charge is 0.480 e. The van der Waals surface area contributed by atoms with E-state index in [0.717, 1.165) is 0 Å². The Kier molecular flexibility index (Phi) is 5.20. The number of rotatable bonds is 4. The van der Waals surface area contributed by atoms with Crippen molar-refractivity contribution in [2.45, 2.75) is 46.1 Å². The molecule has 1 atom stereocenters. The fourth-order valence-corrected chi connectivity index (χ4v) is 2.88. The number of carboxylic acids is 1. The number of amides is 2. The predicted octanol–water partition coefficient (Wildman–Crippen LogP) is 2.54. The monoisotopic (exact) mass is 346 g/mol. The maximum Gasteiger partial charge on any atom is 0.329 e. The van der Waals surface area contributed by atoms with Gasteiger partial charge < -0.3 is 15.3 Å². The first-order valence-corrected chi connectivity index (χ1v) is 8.48. The average molecular weight is 346 g/mol. The summed E-state index contributed by atoms with van der Waals surface area (Å²) in [5, 5.41) is 12.3. The van der Waals surface area contributed by atoms with Crippen LogP contribution in [-0.2, 0) is 4.79 Å². The molecule has 1 aromatic carbocycles. The summed E-state index contributed by atoms with van der Waals surface area (Å²) < 4.78 is 0. The topological polar surface area (TPSA) is 86.7 Å². The van der Waals surface area contributed by atoms with Crippen molar-refractivity contribution in [3.63, 3.8) is 0 Å². The van der Waals surface area contributed by atoms with Crippen LogP contribution in [0.3, 0.4) is 0 Å². The van der Waals surface area contributed by atoms with Crippen molar-refractivity contribution in [1.29, 1.82) is 0 Å². The lowest BCUT2D eigenvalue weighted by atomic mass is 9.97. The Morgan fingerprint density at radius 2 is 1.72 bits per heavy atom. The summed E-state index contributed by atoms with van der Waals surface area (Å²) in [5.41, 5.74) is -0.312. The highest BCUT2D eigenvalue weighted by Crippen LogP contribution is 2.30. The zero-order valence-corrected chi connectivity index (χ0v) is 15.3. The number of benzene rings is 1. The Morgan fingerprint density at radius 3 is 2.24 bits per heavy atom. The molecule has 2 amide bonds. The molecule has 0 aliphatic carbocycles. The minimum Gasteiger partial charge on any atom is -0.480 e. The second-order valence-electron chi connectivity index (χ2n) is 7.96. The molecule has 0 saturated carbocycles. The van der Waals surface area contributed by atoms with Gasteiger partial charge >= 0.3 is 5.97 Å². The molecule has 6 heteroatoms. The van der Waals surface area contributed by atoms with Crippen LogP contribution in [0.15, 0.2) is 24.3 Å². The Balaban J connectivity index is 2.10. The highest BCUT2D eigenvalue weighted by molar-refractivity contribution is 6.00. The third-order valence-electron chi connectivity index (χ3n) is 4.52. The molecular weight excluding hydrogens is 320 g/mol. The number of hydrogen-bond acceptors (Lipinski definition) is 3. The van der Waals surface area contributed by atoms with E-state index in [1.54, 1.807) is 31.2 Å². The standard InChI is InChI=1S/C19H26N2O4/c1-18(2,3)12-20-15(22)13-6-8-14(9-7-13)16(23)21-11-5-10-19(21,4)17(24)25/h6-9H,5,10-12H2,1-4H3,(H,20,22)(H,24,25). The van der Waals surface area contributed by atoms with E-state index in [1.165, 1.54) is 4.90 Å². The summed E-state index contributed by atoms with van der Waals surface area (Å²) in [6.45, 7) is 8.65. The molecule has 6 nitrogen and oxygen atoms in total. The van der Waals surface area contributed by atoms with Crippen LogP contribution in [0.25, 0.3) is 0 Å². The van der Waals surface area contributed by atoms with Crippen LogP contribution in [0.5, 0.6) is 0 Å². The molecule has 1 unspecified atom stereocenters. The average Bonchev–Trinajstić information content (AvgIpc) is 2.94. The maximum absolute atomic E-state index is 12.7. The first-order valence-electron chi connectivity index (χ1n) is 8.48. The number of hydrogen-bond donors (Lipinski definition) is 2. The van der Waals surface area contributed by atoms with Gasteiger partial charge in [0.05, 0.1) is 0 Å². The second-order valence-corrected chi connectivity index (χ2v) is 7.96. The van der Waals surface area contributed by atoms with Gasteiger partial charge in [-0.1, -0.05) is 20.8 Å². The Labute approximate surface area is 148 Å². The van der Waals surface area contributed by atoms with E-state index in [2.05, 4.69) is 5.32 Å². The second kappa shape index (κ2) is 6.86. The summed E-state index contributed by atoms with van der Waals surface area (Å²) in [6.07, 6.45) is 1.11. The van der Waals surface area contributed by atoms with Crippen molar-refractivity contribution in [1.82, 2.24) is 10.2 Å². The number of nitrogens with zero attached hydrogens (tertiary/aromatic N) is 1. The van der Waals surface area contributed by atoms with Crippen LogP contribution in [0.2, 0.25) is 0 Å².